The van der Waals surface area contributed by atoms with E-state index in [1.807, 2.05) is 13.8 Å². The minimum Gasteiger partial charge on any atom is -0.396 e. The average molecular weight is 269 g/mol. The second kappa shape index (κ2) is 6.33. The molecule has 0 spiro atoms. The van der Waals surface area contributed by atoms with Gasteiger partial charge < -0.3 is 20.5 Å². The summed E-state index contributed by atoms with van der Waals surface area (Å²) in [7, 11) is 0. The fourth-order valence-corrected chi connectivity index (χ4v) is 1.77. The van der Waals surface area contributed by atoms with E-state index in [2.05, 4.69) is 10.3 Å². The Kier molecular flexibility index (Phi) is 5.05. The zero-order valence-corrected chi connectivity index (χ0v) is 11.1. The predicted molar refractivity (Wildman–Crippen MR) is 69.9 cm³/mol. The number of hydrogen-bond acceptors (Lipinski definition) is 4. The quantitative estimate of drug-likeness (QED) is 0.514. The van der Waals surface area contributed by atoms with Gasteiger partial charge in [-0.25, -0.2) is 4.98 Å². The van der Waals surface area contributed by atoms with Crippen LogP contribution in [-0.2, 0) is 0 Å². The van der Waals surface area contributed by atoms with E-state index in [0.717, 1.165) is 12.8 Å². The van der Waals surface area contributed by atoms with E-state index in [0.29, 0.717) is 6.54 Å². The van der Waals surface area contributed by atoms with Crippen LogP contribution >= 0.6 is 0 Å². The molecule has 0 aliphatic heterocycles. The second-order valence-electron chi connectivity index (χ2n) is 4.56. The Balaban J connectivity index is 2.66. The molecule has 0 unspecified atom stereocenters. The first-order valence-electron chi connectivity index (χ1n) is 6.20. The molecule has 7 heteroatoms. The molecule has 0 saturated heterocycles. The number of aromatic amines is 1. The van der Waals surface area contributed by atoms with Crippen LogP contribution < -0.4 is 5.32 Å². The minimum atomic E-state index is -0.590. The van der Waals surface area contributed by atoms with Gasteiger partial charge in [-0.2, -0.15) is 0 Å². The standard InChI is InChI=1S/C12H19N3O4/c1-3-12(4-2,8-16)7-13-11(17)9-5-6-10(14-9)15(18)19/h5-6,14,16H,3-4,7-8H2,1-2H3,(H,13,17). The summed E-state index contributed by atoms with van der Waals surface area (Å²) in [6.45, 7) is 4.23. The summed E-state index contributed by atoms with van der Waals surface area (Å²) in [5.74, 6) is -0.627. The third-order valence-corrected chi connectivity index (χ3v) is 3.57. The fraction of sp³-hybridized carbons (Fsp3) is 0.583. The van der Waals surface area contributed by atoms with Gasteiger partial charge >= 0.3 is 5.82 Å². The van der Waals surface area contributed by atoms with Gasteiger partial charge in [-0.1, -0.05) is 13.8 Å². The van der Waals surface area contributed by atoms with Crippen LogP contribution in [0.4, 0.5) is 5.82 Å². The molecule has 7 nitrogen and oxygen atoms in total. The highest BCUT2D eigenvalue weighted by molar-refractivity contribution is 5.92. The molecular weight excluding hydrogens is 250 g/mol. The zero-order chi connectivity index (χ0) is 14.5. The molecule has 19 heavy (non-hydrogen) atoms. The number of carbonyl (C=O) groups is 1. The van der Waals surface area contributed by atoms with Crippen molar-refractivity contribution in [1.29, 1.82) is 0 Å². The lowest BCUT2D eigenvalue weighted by Gasteiger charge is -2.29. The van der Waals surface area contributed by atoms with Crippen LogP contribution in [0.2, 0.25) is 0 Å². The highest BCUT2D eigenvalue weighted by Gasteiger charge is 2.26. The zero-order valence-electron chi connectivity index (χ0n) is 11.1. The molecular formula is C12H19N3O4. The van der Waals surface area contributed by atoms with Crippen LogP contribution in [0.5, 0.6) is 0 Å². The number of aliphatic hydroxyl groups excluding tert-OH is 1. The number of aromatic nitrogens is 1. The van der Waals surface area contributed by atoms with E-state index in [-0.39, 0.29) is 23.5 Å². The maximum absolute atomic E-state index is 11.8. The molecule has 1 aromatic heterocycles. The van der Waals surface area contributed by atoms with Crippen molar-refractivity contribution in [2.45, 2.75) is 26.7 Å². The number of nitro groups is 1. The van der Waals surface area contributed by atoms with Crippen LogP contribution in [0.15, 0.2) is 12.1 Å². The summed E-state index contributed by atoms with van der Waals surface area (Å²) in [6, 6.07) is 2.61. The molecule has 0 saturated carbocycles. The van der Waals surface area contributed by atoms with Crippen molar-refractivity contribution < 1.29 is 14.8 Å². The lowest BCUT2D eigenvalue weighted by molar-refractivity contribution is -0.389. The Morgan fingerprint density at radius 3 is 2.53 bits per heavy atom. The van der Waals surface area contributed by atoms with Crippen molar-refractivity contribution in [3.05, 3.63) is 27.9 Å². The van der Waals surface area contributed by atoms with Crippen molar-refractivity contribution in [1.82, 2.24) is 10.3 Å². The molecule has 1 rings (SSSR count). The molecule has 1 heterocycles. The van der Waals surface area contributed by atoms with Crippen LogP contribution in [0.3, 0.4) is 0 Å². The van der Waals surface area contributed by atoms with Gasteiger partial charge in [0, 0.05) is 18.0 Å². The van der Waals surface area contributed by atoms with Gasteiger partial charge in [0.2, 0.25) is 0 Å². The molecule has 1 aromatic rings. The van der Waals surface area contributed by atoms with Crippen LogP contribution in [0, 0.1) is 15.5 Å². The summed E-state index contributed by atoms with van der Waals surface area (Å²) in [6.07, 6.45) is 1.48. The number of carbonyl (C=O) groups excluding carboxylic acids is 1. The lowest BCUT2D eigenvalue weighted by atomic mass is 9.83. The summed E-state index contributed by atoms with van der Waals surface area (Å²) in [5, 5.41) is 22.6. The number of H-pyrrole nitrogens is 1. The van der Waals surface area contributed by atoms with Gasteiger partial charge in [-0.3, -0.25) is 4.79 Å². The number of hydrogen-bond donors (Lipinski definition) is 3. The van der Waals surface area contributed by atoms with Crippen molar-refractivity contribution in [3.63, 3.8) is 0 Å². The molecule has 0 atom stereocenters. The lowest BCUT2D eigenvalue weighted by Crippen LogP contribution is -2.39. The van der Waals surface area contributed by atoms with E-state index >= 15 is 0 Å². The first-order chi connectivity index (χ1) is 8.98. The highest BCUT2D eigenvalue weighted by Crippen LogP contribution is 2.24. The molecule has 106 valence electrons. The number of nitrogens with zero attached hydrogens (tertiary/aromatic N) is 1. The highest BCUT2D eigenvalue weighted by atomic mass is 16.6. The van der Waals surface area contributed by atoms with Gasteiger partial charge in [-0.15, -0.1) is 0 Å². The monoisotopic (exact) mass is 269 g/mol. The average Bonchev–Trinajstić information content (AvgIpc) is 2.90. The summed E-state index contributed by atoms with van der Waals surface area (Å²) in [5.41, 5.74) is -0.195. The maximum Gasteiger partial charge on any atom is 0.321 e. The van der Waals surface area contributed by atoms with Crippen molar-refractivity contribution in [2.24, 2.45) is 5.41 Å². The summed E-state index contributed by atoms with van der Waals surface area (Å²) < 4.78 is 0. The molecule has 0 aliphatic carbocycles. The molecule has 0 fully saturated rings. The Hall–Kier alpha value is -1.89. The fourth-order valence-electron chi connectivity index (χ4n) is 1.77. The van der Waals surface area contributed by atoms with Gasteiger partial charge in [0.25, 0.3) is 5.91 Å². The number of nitrogens with one attached hydrogen (secondary N) is 2. The molecule has 3 N–H and O–H groups in total. The van der Waals surface area contributed by atoms with E-state index in [4.69, 9.17) is 0 Å². The van der Waals surface area contributed by atoms with Gasteiger partial charge in [0.05, 0.1) is 6.61 Å². The van der Waals surface area contributed by atoms with E-state index < -0.39 is 10.8 Å². The molecule has 0 aromatic carbocycles. The van der Waals surface area contributed by atoms with Gasteiger partial charge in [-0.05, 0) is 23.8 Å². The summed E-state index contributed by atoms with van der Waals surface area (Å²) in [4.78, 5) is 24.2. The maximum atomic E-state index is 11.8. The normalized spacial score (nSPS) is 11.3. The second-order valence-corrected chi connectivity index (χ2v) is 4.56. The predicted octanol–water partition coefficient (Wildman–Crippen LogP) is 1.45. The Morgan fingerprint density at radius 1 is 1.47 bits per heavy atom. The van der Waals surface area contributed by atoms with Gasteiger partial charge in [0.1, 0.15) is 0 Å². The van der Waals surface area contributed by atoms with Crippen LogP contribution in [0.25, 0.3) is 0 Å². The van der Waals surface area contributed by atoms with E-state index in [1.54, 1.807) is 0 Å². The SMILES string of the molecule is CCC(CC)(CO)CNC(=O)c1ccc([N+](=O)[O-])[nH]1. The Morgan fingerprint density at radius 2 is 2.11 bits per heavy atom. The smallest absolute Gasteiger partial charge is 0.321 e. The third-order valence-electron chi connectivity index (χ3n) is 3.57. The molecule has 0 radical (unpaired) electrons. The minimum absolute atomic E-state index is 0.00878. The molecule has 0 aliphatic rings. The topological polar surface area (TPSA) is 108 Å². The van der Waals surface area contributed by atoms with Crippen molar-refractivity contribution in [2.75, 3.05) is 13.2 Å². The van der Waals surface area contributed by atoms with E-state index in [9.17, 15) is 20.0 Å². The molecule has 0 bridgehead atoms. The van der Waals surface area contributed by atoms with Crippen LogP contribution in [0.1, 0.15) is 37.2 Å². The Bertz CT molecular complexity index is 443. The van der Waals surface area contributed by atoms with Crippen molar-refractivity contribution >= 4 is 11.7 Å². The third kappa shape index (κ3) is 3.54. The Labute approximate surface area is 111 Å². The first-order valence-corrected chi connectivity index (χ1v) is 6.20. The summed E-state index contributed by atoms with van der Waals surface area (Å²) >= 11 is 0. The van der Waals surface area contributed by atoms with Crippen molar-refractivity contribution in [3.8, 4) is 0 Å². The number of rotatable bonds is 7. The number of aliphatic hydroxyl groups is 1. The van der Waals surface area contributed by atoms with Gasteiger partial charge in [0.15, 0.2) is 5.69 Å². The number of amides is 1. The van der Waals surface area contributed by atoms with Crippen LogP contribution in [-0.4, -0.2) is 34.1 Å². The van der Waals surface area contributed by atoms with E-state index in [1.165, 1.54) is 12.1 Å². The largest absolute Gasteiger partial charge is 0.396 e. The first kappa shape index (κ1) is 15.2. The molecule has 1 amide bonds.